The molecule has 1 fully saturated rings. The lowest BCUT2D eigenvalue weighted by molar-refractivity contribution is -0.137. The van der Waals surface area contributed by atoms with Gasteiger partial charge in [-0.3, -0.25) is 0 Å². The number of hydrogen-bond donors (Lipinski definition) is 0. The number of esters is 1. The minimum Gasteiger partial charge on any atom is -0.462 e. The Morgan fingerprint density at radius 3 is 2.55 bits per heavy atom. The molecule has 0 aromatic heterocycles. The average Bonchev–Trinajstić information content (AvgIpc) is 2.36. The van der Waals surface area contributed by atoms with Crippen LogP contribution in [0, 0.1) is 0 Å². The Labute approximate surface area is 124 Å². The van der Waals surface area contributed by atoms with Crippen molar-refractivity contribution in [2.24, 2.45) is 0 Å². The third-order valence-corrected chi connectivity index (χ3v) is 3.13. The molecule has 1 saturated heterocycles. The first-order valence-electron chi connectivity index (χ1n) is 6.77. The molecule has 0 unspecified atom stereocenters. The maximum atomic E-state index is 12.0. The predicted octanol–water partition coefficient (Wildman–Crippen LogP) is 3.07. The molecule has 0 aliphatic carbocycles. The number of halogens is 1. The van der Waals surface area contributed by atoms with E-state index in [2.05, 4.69) is 0 Å². The highest BCUT2D eigenvalue weighted by Gasteiger charge is 2.27. The summed E-state index contributed by atoms with van der Waals surface area (Å²) in [6.45, 7) is 8.36. The number of likely N-dealkylation sites (tertiary alicyclic amines) is 1. The van der Waals surface area contributed by atoms with Crippen molar-refractivity contribution < 1.29 is 19.1 Å². The van der Waals surface area contributed by atoms with E-state index in [1.54, 1.807) is 11.8 Å². The maximum absolute atomic E-state index is 12.0. The van der Waals surface area contributed by atoms with E-state index in [0.29, 0.717) is 19.5 Å². The molecular formula is C14H22ClNO4. The van der Waals surface area contributed by atoms with Gasteiger partial charge in [-0.05, 0) is 46.1 Å². The van der Waals surface area contributed by atoms with E-state index in [9.17, 15) is 9.59 Å². The predicted molar refractivity (Wildman–Crippen MR) is 76.6 cm³/mol. The monoisotopic (exact) mass is 303 g/mol. The van der Waals surface area contributed by atoms with Crippen molar-refractivity contribution in [3.63, 3.8) is 0 Å². The van der Waals surface area contributed by atoms with Crippen LogP contribution in [0.15, 0.2) is 10.6 Å². The Bertz CT molecular complexity index is 412. The van der Waals surface area contributed by atoms with Gasteiger partial charge in [0, 0.05) is 13.1 Å². The van der Waals surface area contributed by atoms with Crippen molar-refractivity contribution in [3.05, 3.63) is 10.6 Å². The fourth-order valence-electron chi connectivity index (χ4n) is 1.87. The zero-order chi connectivity index (χ0) is 15.3. The summed E-state index contributed by atoms with van der Waals surface area (Å²) in [5.74, 6) is -0.532. The van der Waals surface area contributed by atoms with Crippen LogP contribution in [0.3, 0.4) is 0 Å². The van der Waals surface area contributed by atoms with Crippen LogP contribution in [0.1, 0.15) is 40.5 Å². The Balaban J connectivity index is 2.74. The minimum absolute atomic E-state index is 0.0834. The summed E-state index contributed by atoms with van der Waals surface area (Å²) in [4.78, 5) is 25.2. The third-order valence-electron chi connectivity index (χ3n) is 2.71. The van der Waals surface area contributed by atoms with E-state index < -0.39 is 11.6 Å². The van der Waals surface area contributed by atoms with Crippen molar-refractivity contribution in [2.45, 2.75) is 46.1 Å². The molecule has 0 radical (unpaired) electrons. The largest absolute Gasteiger partial charge is 0.462 e. The maximum Gasteiger partial charge on any atom is 0.410 e. The first kappa shape index (κ1) is 16.8. The van der Waals surface area contributed by atoms with Crippen LogP contribution in [0.4, 0.5) is 4.79 Å². The van der Waals surface area contributed by atoms with E-state index in [1.165, 1.54) is 0 Å². The number of carbonyl (C=O) groups is 2. The van der Waals surface area contributed by atoms with Crippen molar-refractivity contribution in [3.8, 4) is 0 Å². The highest BCUT2D eigenvalue weighted by molar-refractivity contribution is 6.41. The molecule has 0 atom stereocenters. The Hall–Kier alpha value is -1.23. The number of piperidine rings is 1. The second-order valence-electron chi connectivity index (χ2n) is 5.64. The zero-order valence-electron chi connectivity index (χ0n) is 12.5. The normalized spacial score (nSPS) is 18.6. The molecule has 1 aliphatic rings. The van der Waals surface area contributed by atoms with Gasteiger partial charge < -0.3 is 14.4 Å². The number of carbonyl (C=O) groups excluding carboxylic acids is 2. The molecule has 114 valence electrons. The van der Waals surface area contributed by atoms with Crippen LogP contribution < -0.4 is 0 Å². The molecule has 0 aromatic rings. The van der Waals surface area contributed by atoms with Gasteiger partial charge in [0.25, 0.3) is 0 Å². The van der Waals surface area contributed by atoms with Gasteiger partial charge in [0.1, 0.15) is 10.6 Å². The van der Waals surface area contributed by atoms with Crippen molar-refractivity contribution >= 4 is 23.7 Å². The summed E-state index contributed by atoms with van der Waals surface area (Å²) in [7, 11) is 0. The van der Waals surface area contributed by atoms with Crippen molar-refractivity contribution in [1.29, 1.82) is 0 Å². The topological polar surface area (TPSA) is 55.8 Å². The molecule has 1 heterocycles. The second-order valence-corrected chi connectivity index (χ2v) is 6.02. The molecule has 5 nitrogen and oxygen atoms in total. The summed E-state index contributed by atoms with van der Waals surface area (Å²) >= 11 is 6.02. The third kappa shape index (κ3) is 5.04. The van der Waals surface area contributed by atoms with Crippen molar-refractivity contribution in [1.82, 2.24) is 4.90 Å². The fraction of sp³-hybridized carbons (Fsp3) is 0.714. The van der Waals surface area contributed by atoms with Gasteiger partial charge in [-0.15, -0.1) is 0 Å². The summed E-state index contributed by atoms with van der Waals surface area (Å²) in [5, 5.41) is 0.0834. The summed E-state index contributed by atoms with van der Waals surface area (Å²) < 4.78 is 10.2. The lowest BCUT2D eigenvalue weighted by Gasteiger charge is -2.31. The molecule has 1 aliphatic heterocycles. The Morgan fingerprint density at radius 2 is 2.00 bits per heavy atom. The van der Waals surface area contributed by atoms with E-state index in [0.717, 1.165) is 12.0 Å². The van der Waals surface area contributed by atoms with E-state index in [1.807, 2.05) is 20.8 Å². The Kier molecular flexibility index (Phi) is 5.87. The van der Waals surface area contributed by atoms with Crippen LogP contribution in [-0.2, 0) is 14.3 Å². The van der Waals surface area contributed by atoms with E-state index in [-0.39, 0.29) is 17.7 Å². The van der Waals surface area contributed by atoms with Gasteiger partial charge in [0.15, 0.2) is 0 Å². The van der Waals surface area contributed by atoms with E-state index in [4.69, 9.17) is 21.1 Å². The molecule has 1 rings (SSSR count). The van der Waals surface area contributed by atoms with Gasteiger partial charge >= 0.3 is 12.1 Å². The quantitative estimate of drug-likeness (QED) is 0.581. The van der Waals surface area contributed by atoms with Crippen LogP contribution >= 0.6 is 11.6 Å². The lowest BCUT2D eigenvalue weighted by atomic mass is 10.0. The average molecular weight is 304 g/mol. The fourth-order valence-corrected chi connectivity index (χ4v) is 2.08. The summed E-state index contributed by atoms with van der Waals surface area (Å²) in [6, 6.07) is 0. The summed E-state index contributed by atoms with van der Waals surface area (Å²) in [6.07, 6.45) is 1.06. The van der Waals surface area contributed by atoms with Gasteiger partial charge in [0.2, 0.25) is 0 Å². The van der Waals surface area contributed by atoms with Gasteiger partial charge in [-0.25, -0.2) is 9.59 Å². The number of hydrogen-bond acceptors (Lipinski definition) is 4. The Morgan fingerprint density at radius 1 is 1.35 bits per heavy atom. The first-order chi connectivity index (χ1) is 9.24. The molecule has 1 amide bonds. The molecule has 20 heavy (non-hydrogen) atoms. The zero-order valence-corrected chi connectivity index (χ0v) is 13.2. The highest BCUT2D eigenvalue weighted by atomic mass is 35.5. The van der Waals surface area contributed by atoms with Gasteiger partial charge in [0.05, 0.1) is 6.61 Å². The van der Waals surface area contributed by atoms with Crippen LogP contribution in [0.25, 0.3) is 0 Å². The number of nitrogens with zero attached hydrogens (tertiary/aromatic N) is 1. The molecule has 0 saturated carbocycles. The highest BCUT2D eigenvalue weighted by Crippen LogP contribution is 2.23. The molecular weight excluding hydrogens is 282 g/mol. The number of ether oxygens (including phenoxy) is 2. The SMILES string of the molecule is CCOC(=O)C(Cl)=C1CCCN(C(=O)OC(C)(C)C)C1. The van der Waals surface area contributed by atoms with E-state index >= 15 is 0 Å². The first-order valence-corrected chi connectivity index (χ1v) is 7.15. The molecule has 0 N–H and O–H groups in total. The lowest BCUT2D eigenvalue weighted by Crippen LogP contribution is -2.41. The standard InChI is InChI=1S/C14H22ClNO4/c1-5-19-12(17)11(15)10-7-6-8-16(9-10)13(18)20-14(2,3)4/h5-9H2,1-4H3. The number of amides is 1. The van der Waals surface area contributed by atoms with Gasteiger partial charge in [-0.1, -0.05) is 11.6 Å². The number of rotatable bonds is 2. The molecule has 0 spiro atoms. The molecule has 0 aromatic carbocycles. The molecule has 0 bridgehead atoms. The smallest absolute Gasteiger partial charge is 0.410 e. The molecule has 6 heteroatoms. The second kappa shape index (κ2) is 6.97. The van der Waals surface area contributed by atoms with Crippen LogP contribution in [0.2, 0.25) is 0 Å². The van der Waals surface area contributed by atoms with Crippen LogP contribution in [-0.4, -0.2) is 42.3 Å². The minimum atomic E-state index is -0.538. The summed E-state index contributed by atoms with van der Waals surface area (Å²) in [5.41, 5.74) is 0.186. The van der Waals surface area contributed by atoms with Crippen molar-refractivity contribution in [2.75, 3.05) is 19.7 Å². The van der Waals surface area contributed by atoms with Crippen LogP contribution in [0.5, 0.6) is 0 Å². The van der Waals surface area contributed by atoms with Gasteiger partial charge in [-0.2, -0.15) is 0 Å².